The summed E-state index contributed by atoms with van der Waals surface area (Å²) < 4.78 is 1.03. The number of benzene rings is 1. The molecule has 1 aromatic carbocycles. The summed E-state index contributed by atoms with van der Waals surface area (Å²) in [6.45, 7) is 3.77. The minimum atomic E-state index is -0.961. The van der Waals surface area contributed by atoms with Crippen molar-refractivity contribution >= 4 is 21.8 Å². The smallest absolute Gasteiger partial charge is 0.239 e. The molecule has 3 nitrogen and oxygen atoms in total. The summed E-state index contributed by atoms with van der Waals surface area (Å²) in [4.78, 5) is 11.6. The zero-order valence-corrected chi connectivity index (χ0v) is 11.5. The van der Waals surface area contributed by atoms with Crippen LogP contribution in [0.3, 0.4) is 0 Å². The molecule has 0 unspecified atom stereocenters. The molecular formula is C13H15BrN2O. The normalized spacial score (nSPS) is 10.7. The van der Waals surface area contributed by atoms with E-state index < -0.39 is 5.41 Å². The Bertz CT molecular complexity index is 449. The number of nitrogens with one attached hydrogen (secondary N) is 1. The second kappa shape index (κ2) is 5.83. The molecule has 0 bridgehead atoms. The lowest BCUT2D eigenvalue weighted by Crippen LogP contribution is -2.36. The van der Waals surface area contributed by atoms with Crippen LogP contribution in [-0.2, 0) is 11.2 Å². The van der Waals surface area contributed by atoms with Gasteiger partial charge in [-0.05, 0) is 38.0 Å². The van der Waals surface area contributed by atoms with Gasteiger partial charge in [0.25, 0.3) is 0 Å². The van der Waals surface area contributed by atoms with Crippen molar-refractivity contribution in [3.63, 3.8) is 0 Å². The van der Waals surface area contributed by atoms with Crippen LogP contribution in [0.25, 0.3) is 0 Å². The second-order valence-electron chi connectivity index (χ2n) is 4.37. The van der Waals surface area contributed by atoms with Crippen molar-refractivity contribution in [3.8, 4) is 6.07 Å². The van der Waals surface area contributed by atoms with Crippen molar-refractivity contribution in [2.24, 2.45) is 5.41 Å². The van der Waals surface area contributed by atoms with Crippen LogP contribution in [0.15, 0.2) is 28.7 Å². The molecule has 0 spiro atoms. The first kappa shape index (κ1) is 13.7. The Balaban J connectivity index is 2.44. The number of hydrogen-bond acceptors (Lipinski definition) is 2. The lowest BCUT2D eigenvalue weighted by atomic mass is 9.95. The van der Waals surface area contributed by atoms with Crippen molar-refractivity contribution in [3.05, 3.63) is 34.3 Å². The predicted octanol–water partition coefficient (Wildman–Crippen LogP) is 2.66. The highest BCUT2D eigenvalue weighted by Crippen LogP contribution is 2.13. The van der Waals surface area contributed by atoms with Gasteiger partial charge in [0.2, 0.25) is 5.91 Å². The van der Waals surface area contributed by atoms with Crippen molar-refractivity contribution in [1.82, 2.24) is 5.32 Å². The molecule has 0 saturated heterocycles. The van der Waals surface area contributed by atoms with Crippen LogP contribution in [0.4, 0.5) is 0 Å². The zero-order chi connectivity index (χ0) is 12.9. The summed E-state index contributed by atoms with van der Waals surface area (Å²) >= 11 is 3.40. The van der Waals surface area contributed by atoms with Gasteiger partial charge in [0, 0.05) is 11.0 Å². The van der Waals surface area contributed by atoms with E-state index in [1.165, 1.54) is 0 Å². The van der Waals surface area contributed by atoms with Gasteiger partial charge in [-0.15, -0.1) is 0 Å². The van der Waals surface area contributed by atoms with Crippen molar-refractivity contribution < 1.29 is 4.79 Å². The number of halogens is 1. The van der Waals surface area contributed by atoms with Crippen LogP contribution in [0.2, 0.25) is 0 Å². The first-order valence-electron chi connectivity index (χ1n) is 5.40. The van der Waals surface area contributed by atoms with Gasteiger partial charge in [0.1, 0.15) is 5.41 Å². The van der Waals surface area contributed by atoms with Gasteiger partial charge in [0.05, 0.1) is 6.07 Å². The molecule has 0 fully saturated rings. The van der Waals surface area contributed by atoms with Crippen LogP contribution in [-0.4, -0.2) is 12.5 Å². The molecule has 0 aliphatic heterocycles. The molecule has 0 saturated carbocycles. The van der Waals surface area contributed by atoms with Gasteiger partial charge in [0.15, 0.2) is 0 Å². The highest BCUT2D eigenvalue weighted by Gasteiger charge is 2.26. The fraction of sp³-hybridized carbons (Fsp3) is 0.385. The number of rotatable bonds is 4. The molecule has 17 heavy (non-hydrogen) atoms. The van der Waals surface area contributed by atoms with Gasteiger partial charge >= 0.3 is 0 Å². The topological polar surface area (TPSA) is 52.9 Å². The molecule has 0 aliphatic rings. The molecule has 90 valence electrons. The number of nitrogens with zero attached hydrogens (tertiary/aromatic N) is 1. The monoisotopic (exact) mass is 294 g/mol. The fourth-order valence-electron chi connectivity index (χ4n) is 1.28. The quantitative estimate of drug-likeness (QED) is 0.928. The lowest BCUT2D eigenvalue weighted by Gasteiger charge is -2.14. The second-order valence-corrected chi connectivity index (χ2v) is 5.29. The standard InChI is InChI=1S/C13H15BrN2O/c1-13(2,9-15)12(17)16-7-6-10-4-3-5-11(14)8-10/h3-5,8H,6-7H2,1-2H3,(H,16,17). The van der Waals surface area contributed by atoms with E-state index in [9.17, 15) is 4.79 Å². The number of carbonyl (C=O) groups excluding carboxylic acids is 1. The van der Waals surface area contributed by atoms with E-state index in [1.807, 2.05) is 30.3 Å². The van der Waals surface area contributed by atoms with Crippen molar-refractivity contribution in [1.29, 1.82) is 5.26 Å². The van der Waals surface area contributed by atoms with Crippen LogP contribution < -0.4 is 5.32 Å². The van der Waals surface area contributed by atoms with E-state index >= 15 is 0 Å². The summed E-state index contributed by atoms with van der Waals surface area (Å²) in [7, 11) is 0. The van der Waals surface area contributed by atoms with Crippen molar-refractivity contribution in [2.45, 2.75) is 20.3 Å². The summed E-state index contributed by atoms with van der Waals surface area (Å²) in [6, 6.07) is 9.92. The molecule has 4 heteroatoms. The van der Waals surface area contributed by atoms with Crippen LogP contribution >= 0.6 is 15.9 Å². The van der Waals surface area contributed by atoms with E-state index in [4.69, 9.17) is 5.26 Å². The highest BCUT2D eigenvalue weighted by molar-refractivity contribution is 9.10. The molecule has 0 aromatic heterocycles. The van der Waals surface area contributed by atoms with E-state index in [-0.39, 0.29) is 5.91 Å². The molecule has 1 rings (SSSR count). The van der Waals surface area contributed by atoms with Gasteiger partial charge in [-0.3, -0.25) is 4.79 Å². The lowest BCUT2D eigenvalue weighted by molar-refractivity contribution is -0.126. The Morgan fingerprint density at radius 3 is 2.82 bits per heavy atom. The molecule has 1 amide bonds. The van der Waals surface area contributed by atoms with Crippen molar-refractivity contribution in [2.75, 3.05) is 6.54 Å². The molecular weight excluding hydrogens is 280 g/mol. The summed E-state index contributed by atoms with van der Waals surface area (Å²) in [5.41, 5.74) is 0.187. The SMILES string of the molecule is CC(C)(C#N)C(=O)NCCc1cccc(Br)c1. The predicted molar refractivity (Wildman–Crippen MR) is 70.2 cm³/mol. The van der Waals surface area contributed by atoms with E-state index in [0.29, 0.717) is 6.54 Å². The zero-order valence-electron chi connectivity index (χ0n) is 9.96. The Kier molecular flexibility index (Phi) is 4.71. The summed E-state index contributed by atoms with van der Waals surface area (Å²) in [5.74, 6) is -0.227. The number of carbonyl (C=O) groups is 1. The number of amides is 1. The van der Waals surface area contributed by atoms with Crippen LogP contribution in [0.5, 0.6) is 0 Å². The highest BCUT2D eigenvalue weighted by atomic mass is 79.9. The number of hydrogen-bond donors (Lipinski definition) is 1. The molecule has 0 aliphatic carbocycles. The first-order chi connectivity index (χ1) is 7.95. The van der Waals surface area contributed by atoms with Crippen LogP contribution in [0.1, 0.15) is 19.4 Å². The van der Waals surface area contributed by atoms with Gasteiger partial charge in [-0.25, -0.2) is 0 Å². The Morgan fingerprint density at radius 1 is 1.53 bits per heavy atom. The maximum Gasteiger partial charge on any atom is 0.239 e. The van der Waals surface area contributed by atoms with E-state index in [1.54, 1.807) is 13.8 Å². The third-order valence-electron chi connectivity index (χ3n) is 2.44. The molecule has 1 N–H and O–H groups in total. The van der Waals surface area contributed by atoms with E-state index in [2.05, 4.69) is 21.2 Å². The summed E-state index contributed by atoms with van der Waals surface area (Å²) in [6.07, 6.45) is 0.757. The average Bonchev–Trinajstić information content (AvgIpc) is 2.29. The van der Waals surface area contributed by atoms with Gasteiger partial charge in [-0.2, -0.15) is 5.26 Å². The van der Waals surface area contributed by atoms with Gasteiger partial charge in [-0.1, -0.05) is 28.1 Å². The summed E-state index contributed by atoms with van der Waals surface area (Å²) in [5, 5.41) is 11.6. The first-order valence-corrected chi connectivity index (χ1v) is 6.19. The Labute approximate surface area is 110 Å². The maximum absolute atomic E-state index is 11.6. The molecule has 1 aromatic rings. The van der Waals surface area contributed by atoms with Crippen LogP contribution in [0, 0.1) is 16.7 Å². The largest absolute Gasteiger partial charge is 0.354 e. The third kappa shape index (κ3) is 4.20. The Morgan fingerprint density at radius 2 is 2.24 bits per heavy atom. The number of nitriles is 1. The minimum Gasteiger partial charge on any atom is -0.354 e. The Hall–Kier alpha value is -1.34. The minimum absolute atomic E-state index is 0.227. The average molecular weight is 295 g/mol. The molecule has 0 radical (unpaired) electrons. The molecule has 0 heterocycles. The van der Waals surface area contributed by atoms with Gasteiger partial charge < -0.3 is 5.32 Å². The maximum atomic E-state index is 11.6. The third-order valence-corrected chi connectivity index (χ3v) is 2.93. The van der Waals surface area contributed by atoms with E-state index in [0.717, 1.165) is 16.5 Å². The molecule has 0 atom stereocenters. The fourth-order valence-corrected chi connectivity index (χ4v) is 1.73.